The van der Waals surface area contributed by atoms with E-state index in [1.807, 2.05) is 0 Å². The zero-order valence-corrected chi connectivity index (χ0v) is 10.4. The normalized spacial score (nSPS) is 11.2. The monoisotopic (exact) mass is 281 g/mol. The summed E-state index contributed by atoms with van der Waals surface area (Å²) in [6.45, 7) is 1.80. The average Bonchev–Trinajstić information content (AvgIpc) is 2.37. The summed E-state index contributed by atoms with van der Waals surface area (Å²) in [5, 5.41) is 0. The van der Waals surface area contributed by atoms with Gasteiger partial charge >= 0.3 is 6.36 Å². The van der Waals surface area contributed by atoms with Gasteiger partial charge in [-0.05, 0) is 30.7 Å². The fourth-order valence-corrected chi connectivity index (χ4v) is 1.66. The Bertz CT molecular complexity index is 621. The van der Waals surface area contributed by atoms with E-state index in [9.17, 15) is 18.0 Å². The van der Waals surface area contributed by atoms with Crippen molar-refractivity contribution in [3.05, 3.63) is 47.8 Å². The molecule has 0 unspecified atom stereocenters. The maximum absolute atomic E-state index is 12.3. The highest BCUT2D eigenvalue weighted by Gasteiger charge is 2.32. The van der Waals surface area contributed by atoms with Gasteiger partial charge in [-0.2, -0.15) is 0 Å². The van der Waals surface area contributed by atoms with E-state index in [2.05, 4.69) is 9.72 Å². The number of pyridine rings is 1. The van der Waals surface area contributed by atoms with Crippen LogP contribution in [-0.4, -0.2) is 17.6 Å². The van der Waals surface area contributed by atoms with E-state index in [-0.39, 0.29) is 5.56 Å². The van der Waals surface area contributed by atoms with Gasteiger partial charge in [0.15, 0.2) is 6.29 Å². The number of aldehydes is 1. The number of benzene rings is 1. The lowest BCUT2D eigenvalue weighted by Gasteiger charge is -2.12. The number of ether oxygens (including phenoxy) is 1. The fourth-order valence-electron chi connectivity index (χ4n) is 1.66. The van der Waals surface area contributed by atoms with Gasteiger partial charge in [0.2, 0.25) is 0 Å². The van der Waals surface area contributed by atoms with Crippen LogP contribution in [0.3, 0.4) is 0 Å². The standard InChI is InChI=1S/C14H10F3NO2/c1-9-2-3-11(7-18-9)10-4-5-12(8-19)13(6-10)20-14(15,16)17/h2-8H,1H3. The summed E-state index contributed by atoms with van der Waals surface area (Å²) in [6.07, 6.45) is -2.98. The summed E-state index contributed by atoms with van der Waals surface area (Å²) in [6, 6.07) is 7.47. The molecule has 104 valence electrons. The molecule has 0 saturated carbocycles. The topological polar surface area (TPSA) is 39.2 Å². The fraction of sp³-hybridized carbons (Fsp3) is 0.143. The van der Waals surface area contributed by atoms with Gasteiger partial charge in [0.25, 0.3) is 0 Å². The van der Waals surface area contributed by atoms with Gasteiger partial charge in [-0.1, -0.05) is 12.1 Å². The smallest absolute Gasteiger partial charge is 0.405 e. The molecule has 1 aromatic heterocycles. The Labute approximate surface area is 113 Å². The Morgan fingerprint density at radius 2 is 1.85 bits per heavy atom. The number of nitrogens with zero attached hydrogens (tertiary/aromatic N) is 1. The van der Waals surface area contributed by atoms with Crippen molar-refractivity contribution >= 4 is 6.29 Å². The van der Waals surface area contributed by atoms with Crippen molar-refractivity contribution in [3.63, 3.8) is 0 Å². The third-order valence-corrected chi connectivity index (χ3v) is 2.61. The molecule has 1 heterocycles. The van der Waals surface area contributed by atoms with Gasteiger partial charge in [0.1, 0.15) is 5.75 Å². The van der Waals surface area contributed by atoms with Gasteiger partial charge in [-0.3, -0.25) is 9.78 Å². The summed E-state index contributed by atoms with van der Waals surface area (Å²) in [7, 11) is 0. The first-order valence-electron chi connectivity index (χ1n) is 5.67. The molecule has 20 heavy (non-hydrogen) atoms. The first-order chi connectivity index (χ1) is 9.39. The third-order valence-electron chi connectivity index (χ3n) is 2.61. The van der Waals surface area contributed by atoms with Crippen LogP contribution in [-0.2, 0) is 0 Å². The number of rotatable bonds is 3. The Morgan fingerprint density at radius 1 is 1.15 bits per heavy atom. The maximum Gasteiger partial charge on any atom is 0.573 e. The molecule has 6 heteroatoms. The Balaban J connectivity index is 2.43. The number of hydrogen-bond donors (Lipinski definition) is 0. The van der Waals surface area contributed by atoms with Gasteiger partial charge in [0, 0.05) is 17.5 Å². The molecule has 0 radical (unpaired) electrons. The zero-order chi connectivity index (χ0) is 14.8. The van der Waals surface area contributed by atoms with Crippen LogP contribution in [0, 0.1) is 6.92 Å². The van der Waals surface area contributed by atoms with Crippen LogP contribution in [0.25, 0.3) is 11.1 Å². The first kappa shape index (κ1) is 14.0. The second-order valence-corrected chi connectivity index (χ2v) is 4.11. The second kappa shape index (κ2) is 5.32. The molecular formula is C14H10F3NO2. The van der Waals surface area contributed by atoms with E-state index < -0.39 is 12.1 Å². The van der Waals surface area contributed by atoms with Crippen molar-refractivity contribution in [3.8, 4) is 16.9 Å². The quantitative estimate of drug-likeness (QED) is 0.804. The predicted molar refractivity (Wildman–Crippen MR) is 66.5 cm³/mol. The Morgan fingerprint density at radius 3 is 2.40 bits per heavy atom. The molecule has 0 aliphatic heterocycles. The molecule has 0 amide bonds. The average molecular weight is 281 g/mol. The SMILES string of the molecule is Cc1ccc(-c2ccc(C=O)c(OC(F)(F)F)c2)cn1. The van der Waals surface area contributed by atoms with E-state index in [4.69, 9.17) is 0 Å². The van der Waals surface area contributed by atoms with Crippen molar-refractivity contribution in [1.82, 2.24) is 4.98 Å². The highest BCUT2D eigenvalue weighted by Crippen LogP contribution is 2.30. The van der Waals surface area contributed by atoms with Crippen molar-refractivity contribution in [2.45, 2.75) is 13.3 Å². The number of hydrogen-bond acceptors (Lipinski definition) is 3. The summed E-state index contributed by atoms with van der Waals surface area (Å²) >= 11 is 0. The van der Waals surface area contributed by atoms with E-state index in [1.165, 1.54) is 12.1 Å². The highest BCUT2D eigenvalue weighted by atomic mass is 19.4. The molecule has 3 nitrogen and oxygen atoms in total. The summed E-state index contributed by atoms with van der Waals surface area (Å²) < 4.78 is 40.7. The lowest BCUT2D eigenvalue weighted by Crippen LogP contribution is -2.18. The van der Waals surface area contributed by atoms with Crippen LogP contribution in [0.15, 0.2) is 36.5 Å². The van der Waals surface area contributed by atoms with E-state index in [1.54, 1.807) is 31.3 Å². The minimum atomic E-state index is -4.85. The summed E-state index contributed by atoms with van der Waals surface area (Å²) in [5.74, 6) is -0.523. The van der Waals surface area contributed by atoms with E-state index in [0.29, 0.717) is 17.4 Å². The van der Waals surface area contributed by atoms with Gasteiger partial charge in [0.05, 0.1) is 5.56 Å². The zero-order valence-electron chi connectivity index (χ0n) is 10.4. The van der Waals surface area contributed by atoms with Crippen molar-refractivity contribution in [2.75, 3.05) is 0 Å². The summed E-state index contributed by atoms with van der Waals surface area (Å²) in [5.41, 5.74) is 1.76. The Kier molecular flexibility index (Phi) is 3.74. The predicted octanol–water partition coefficient (Wildman–Crippen LogP) is 3.77. The van der Waals surface area contributed by atoms with E-state index in [0.717, 1.165) is 5.69 Å². The number of alkyl halides is 3. The van der Waals surface area contributed by atoms with Crippen molar-refractivity contribution < 1.29 is 22.7 Å². The molecule has 0 atom stereocenters. The largest absolute Gasteiger partial charge is 0.573 e. The minimum Gasteiger partial charge on any atom is -0.405 e. The molecule has 0 N–H and O–H groups in total. The molecule has 2 aromatic rings. The molecule has 2 rings (SSSR count). The van der Waals surface area contributed by atoms with Crippen molar-refractivity contribution in [2.24, 2.45) is 0 Å². The number of carbonyl (C=O) groups excluding carboxylic acids is 1. The van der Waals surface area contributed by atoms with Gasteiger partial charge in [-0.25, -0.2) is 0 Å². The lowest BCUT2D eigenvalue weighted by atomic mass is 10.0. The molecule has 0 saturated heterocycles. The van der Waals surface area contributed by atoms with Gasteiger partial charge in [-0.15, -0.1) is 13.2 Å². The minimum absolute atomic E-state index is 0.161. The summed E-state index contributed by atoms with van der Waals surface area (Å²) in [4.78, 5) is 14.8. The number of halogens is 3. The van der Waals surface area contributed by atoms with Crippen molar-refractivity contribution in [1.29, 1.82) is 0 Å². The molecule has 0 spiro atoms. The molecular weight excluding hydrogens is 271 g/mol. The van der Waals surface area contributed by atoms with Crippen LogP contribution < -0.4 is 4.74 Å². The van der Waals surface area contributed by atoms with Crippen LogP contribution in [0.1, 0.15) is 16.1 Å². The number of aryl methyl sites for hydroxylation is 1. The maximum atomic E-state index is 12.3. The first-order valence-corrected chi connectivity index (χ1v) is 5.67. The highest BCUT2D eigenvalue weighted by molar-refractivity contribution is 5.81. The number of carbonyl (C=O) groups is 1. The van der Waals surface area contributed by atoms with Crippen LogP contribution in [0.2, 0.25) is 0 Å². The molecule has 0 aliphatic carbocycles. The Hall–Kier alpha value is -2.37. The van der Waals surface area contributed by atoms with E-state index >= 15 is 0 Å². The number of aromatic nitrogens is 1. The molecule has 0 aliphatic rings. The van der Waals surface area contributed by atoms with Gasteiger partial charge < -0.3 is 4.74 Å². The molecule has 0 fully saturated rings. The molecule has 1 aromatic carbocycles. The van der Waals surface area contributed by atoms with Crippen LogP contribution >= 0.6 is 0 Å². The lowest BCUT2D eigenvalue weighted by molar-refractivity contribution is -0.274. The third kappa shape index (κ3) is 3.34. The van der Waals surface area contributed by atoms with Crippen LogP contribution in [0.4, 0.5) is 13.2 Å². The molecule has 0 bridgehead atoms. The van der Waals surface area contributed by atoms with Crippen LogP contribution in [0.5, 0.6) is 5.75 Å². The second-order valence-electron chi connectivity index (χ2n) is 4.11.